The van der Waals surface area contributed by atoms with Gasteiger partial charge in [-0.3, -0.25) is 0 Å². The Bertz CT molecular complexity index is 397. The molecule has 0 aliphatic heterocycles. The second kappa shape index (κ2) is 4.03. The molecule has 6 nitrogen and oxygen atoms in total. The zero-order chi connectivity index (χ0) is 11.6. The maximum Gasteiger partial charge on any atom is 0.375 e. The van der Waals surface area contributed by atoms with Crippen molar-refractivity contribution in [2.24, 2.45) is 0 Å². The summed E-state index contributed by atoms with van der Waals surface area (Å²) in [4.78, 5) is 12.6. The molecule has 0 unspecified atom stereocenters. The van der Waals surface area contributed by atoms with E-state index in [-0.39, 0.29) is 11.6 Å². The van der Waals surface area contributed by atoms with Gasteiger partial charge in [0.05, 0.1) is 7.11 Å². The van der Waals surface area contributed by atoms with Crippen molar-refractivity contribution in [2.45, 2.75) is 6.43 Å². The monoisotopic (exact) mass is 219 g/mol. The lowest BCUT2D eigenvalue weighted by Crippen LogP contribution is -2.04. The number of ether oxygens (including phenoxy) is 1. The third kappa shape index (κ3) is 2.09. The molecule has 0 aliphatic carbocycles. The van der Waals surface area contributed by atoms with Crippen molar-refractivity contribution >= 4 is 11.6 Å². The summed E-state index contributed by atoms with van der Waals surface area (Å²) < 4.78 is 29.4. The van der Waals surface area contributed by atoms with Gasteiger partial charge < -0.3 is 20.6 Å². The predicted octanol–water partition coefficient (Wildman–Crippen LogP) is 1.52. The van der Waals surface area contributed by atoms with Gasteiger partial charge in [0.15, 0.2) is 5.75 Å². The van der Waals surface area contributed by atoms with E-state index in [1.54, 1.807) is 0 Å². The Labute approximate surface area is 82.8 Å². The predicted molar refractivity (Wildman–Crippen MR) is 46.8 cm³/mol. The number of halogens is 2. The molecule has 0 aromatic carbocycles. The molecule has 1 aromatic rings. The molecule has 0 atom stereocenters. The molecular weight excluding hydrogens is 212 g/mol. The highest BCUT2D eigenvalue weighted by Gasteiger charge is 2.26. The highest BCUT2D eigenvalue weighted by molar-refractivity contribution is 5.53. The van der Waals surface area contributed by atoms with Crippen LogP contribution in [0.5, 0.6) is 5.75 Å². The van der Waals surface area contributed by atoms with Crippen molar-refractivity contribution in [3.63, 3.8) is 0 Å². The standard InChI is InChI=1S/C7H7F2N3O3/c1-15-4-2-3(5(8)9)7(12(13)14)11-6(4)10/h2,5H,1H3,(H2,10,11). The van der Waals surface area contributed by atoms with Gasteiger partial charge in [0.25, 0.3) is 12.2 Å². The van der Waals surface area contributed by atoms with Crippen LogP contribution in [0.2, 0.25) is 0 Å². The van der Waals surface area contributed by atoms with Gasteiger partial charge in [-0.2, -0.15) is 0 Å². The normalized spacial score (nSPS) is 10.4. The zero-order valence-electron chi connectivity index (χ0n) is 7.61. The van der Waals surface area contributed by atoms with Crippen LogP contribution in [0.4, 0.5) is 20.4 Å². The SMILES string of the molecule is COc1cc(C(F)F)c([N+](=O)[O-])nc1N. The number of pyridine rings is 1. The van der Waals surface area contributed by atoms with E-state index in [0.29, 0.717) is 0 Å². The highest BCUT2D eigenvalue weighted by Crippen LogP contribution is 2.33. The molecule has 0 aliphatic rings. The minimum Gasteiger partial charge on any atom is -0.491 e. The van der Waals surface area contributed by atoms with E-state index in [4.69, 9.17) is 5.73 Å². The second-order valence-electron chi connectivity index (χ2n) is 2.55. The van der Waals surface area contributed by atoms with Gasteiger partial charge in [-0.1, -0.05) is 0 Å². The Morgan fingerprint density at radius 3 is 2.67 bits per heavy atom. The summed E-state index contributed by atoms with van der Waals surface area (Å²) >= 11 is 0. The van der Waals surface area contributed by atoms with Gasteiger partial charge in [0, 0.05) is 6.07 Å². The fourth-order valence-electron chi connectivity index (χ4n) is 0.984. The average molecular weight is 219 g/mol. The summed E-state index contributed by atoms with van der Waals surface area (Å²) in [5, 5.41) is 10.4. The van der Waals surface area contributed by atoms with Crippen LogP contribution in [0.3, 0.4) is 0 Å². The molecule has 8 heteroatoms. The first-order valence-electron chi connectivity index (χ1n) is 3.74. The number of nitrogens with zero attached hydrogens (tertiary/aromatic N) is 2. The largest absolute Gasteiger partial charge is 0.491 e. The lowest BCUT2D eigenvalue weighted by atomic mass is 10.2. The van der Waals surface area contributed by atoms with Crippen molar-refractivity contribution in [1.82, 2.24) is 4.98 Å². The van der Waals surface area contributed by atoms with E-state index in [1.165, 1.54) is 7.11 Å². The van der Waals surface area contributed by atoms with Crippen molar-refractivity contribution in [3.8, 4) is 5.75 Å². The van der Waals surface area contributed by atoms with Gasteiger partial charge in [-0.25, -0.2) is 8.78 Å². The first-order chi connectivity index (χ1) is 6.97. The highest BCUT2D eigenvalue weighted by atomic mass is 19.3. The molecule has 0 radical (unpaired) electrons. The molecule has 0 bridgehead atoms. The van der Waals surface area contributed by atoms with Crippen molar-refractivity contribution < 1.29 is 18.4 Å². The lowest BCUT2D eigenvalue weighted by molar-refractivity contribution is -0.390. The van der Waals surface area contributed by atoms with Gasteiger partial charge in [0.2, 0.25) is 0 Å². The number of aromatic nitrogens is 1. The van der Waals surface area contributed by atoms with E-state index in [1.807, 2.05) is 0 Å². The van der Waals surface area contributed by atoms with Crippen LogP contribution >= 0.6 is 0 Å². The summed E-state index contributed by atoms with van der Waals surface area (Å²) in [5.74, 6) is -1.37. The number of hydrogen-bond donors (Lipinski definition) is 1. The number of nitrogens with two attached hydrogens (primary N) is 1. The third-order valence-corrected chi connectivity index (χ3v) is 1.65. The van der Waals surface area contributed by atoms with Crippen LogP contribution in [-0.4, -0.2) is 17.0 Å². The van der Waals surface area contributed by atoms with Gasteiger partial charge in [-0.05, 0) is 9.91 Å². The molecular formula is C7H7F2N3O3. The minimum absolute atomic E-state index is 0.115. The fourth-order valence-corrected chi connectivity index (χ4v) is 0.984. The fraction of sp³-hybridized carbons (Fsp3) is 0.286. The summed E-state index contributed by atoms with van der Waals surface area (Å²) in [7, 11) is 1.20. The molecule has 0 amide bonds. The average Bonchev–Trinajstić information content (AvgIpc) is 2.16. The summed E-state index contributed by atoms with van der Waals surface area (Å²) in [5.41, 5.74) is 4.44. The van der Waals surface area contributed by atoms with E-state index < -0.39 is 22.7 Å². The van der Waals surface area contributed by atoms with Crippen LogP contribution in [0, 0.1) is 10.1 Å². The second-order valence-corrected chi connectivity index (χ2v) is 2.55. The number of alkyl halides is 2. The minimum atomic E-state index is -3.01. The molecule has 0 spiro atoms. The van der Waals surface area contributed by atoms with E-state index >= 15 is 0 Å². The maximum atomic E-state index is 12.4. The number of nitro groups is 1. The quantitative estimate of drug-likeness (QED) is 0.614. The van der Waals surface area contributed by atoms with E-state index in [2.05, 4.69) is 9.72 Å². The van der Waals surface area contributed by atoms with Gasteiger partial charge in [-0.15, -0.1) is 0 Å². The molecule has 1 rings (SSSR count). The van der Waals surface area contributed by atoms with Crippen molar-refractivity contribution in [3.05, 3.63) is 21.7 Å². The lowest BCUT2D eigenvalue weighted by Gasteiger charge is -2.05. The summed E-state index contributed by atoms with van der Waals surface area (Å²) in [6.45, 7) is 0. The van der Waals surface area contributed by atoms with Crippen LogP contribution in [0.15, 0.2) is 6.07 Å². The number of nitrogen functional groups attached to an aromatic ring is 1. The molecule has 1 heterocycles. The third-order valence-electron chi connectivity index (χ3n) is 1.65. The first-order valence-corrected chi connectivity index (χ1v) is 3.74. The maximum absolute atomic E-state index is 12.4. The Kier molecular flexibility index (Phi) is 2.98. The zero-order valence-corrected chi connectivity index (χ0v) is 7.61. The number of hydrogen-bond acceptors (Lipinski definition) is 5. The Hall–Kier alpha value is -1.99. The van der Waals surface area contributed by atoms with Crippen molar-refractivity contribution in [1.29, 1.82) is 0 Å². The van der Waals surface area contributed by atoms with E-state index in [0.717, 1.165) is 6.07 Å². The smallest absolute Gasteiger partial charge is 0.375 e. The number of anilines is 1. The molecule has 15 heavy (non-hydrogen) atoms. The molecule has 0 saturated heterocycles. The Morgan fingerprint density at radius 1 is 1.67 bits per heavy atom. The molecule has 2 N–H and O–H groups in total. The summed E-state index contributed by atoms with van der Waals surface area (Å²) in [6, 6.07) is 0.811. The summed E-state index contributed by atoms with van der Waals surface area (Å²) in [6.07, 6.45) is -3.01. The van der Waals surface area contributed by atoms with Crippen LogP contribution < -0.4 is 10.5 Å². The Balaban J connectivity index is 3.38. The van der Waals surface area contributed by atoms with Gasteiger partial charge in [0.1, 0.15) is 5.56 Å². The topological polar surface area (TPSA) is 91.3 Å². The number of rotatable bonds is 3. The molecule has 0 saturated carbocycles. The Morgan fingerprint density at radius 2 is 2.27 bits per heavy atom. The van der Waals surface area contributed by atoms with Crippen LogP contribution in [0.1, 0.15) is 12.0 Å². The van der Waals surface area contributed by atoms with Crippen LogP contribution in [0.25, 0.3) is 0 Å². The van der Waals surface area contributed by atoms with E-state index in [9.17, 15) is 18.9 Å². The van der Waals surface area contributed by atoms with Gasteiger partial charge >= 0.3 is 5.82 Å². The molecule has 82 valence electrons. The first kappa shape index (κ1) is 11.1. The molecule has 0 fully saturated rings. The van der Waals surface area contributed by atoms with Crippen LogP contribution in [-0.2, 0) is 0 Å². The molecule has 1 aromatic heterocycles. The van der Waals surface area contributed by atoms with Crippen molar-refractivity contribution in [2.75, 3.05) is 12.8 Å². The number of methoxy groups -OCH3 is 1.